The van der Waals surface area contributed by atoms with Gasteiger partial charge >= 0.3 is 0 Å². The zero-order chi connectivity index (χ0) is 22.9. The number of halogens is 2. The SMILES string of the molecule is CC12CCC(C(=O)NNC(=O)c3cccnc3)(c3nc4cc(Cl)c(Cl)cc4nc31)C2(C)C. The summed E-state index contributed by atoms with van der Waals surface area (Å²) in [5.74, 6) is -0.749. The molecule has 2 bridgehead atoms. The Balaban J connectivity index is 1.57. The fraction of sp³-hybridized carbons (Fsp3) is 0.348. The lowest BCUT2D eigenvalue weighted by atomic mass is 9.63. The average molecular weight is 470 g/mol. The highest BCUT2D eigenvalue weighted by molar-refractivity contribution is 6.42. The molecule has 2 heterocycles. The monoisotopic (exact) mass is 469 g/mol. The van der Waals surface area contributed by atoms with E-state index in [0.29, 0.717) is 38.8 Å². The summed E-state index contributed by atoms with van der Waals surface area (Å²) in [4.78, 5) is 39.8. The summed E-state index contributed by atoms with van der Waals surface area (Å²) in [5, 5.41) is 0.788. The fourth-order valence-corrected chi connectivity index (χ4v) is 5.71. The minimum absolute atomic E-state index is 0.309. The molecule has 0 spiro atoms. The van der Waals surface area contributed by atoms with Gasteiger partial charge in [0.05, 0.1) is 38.0 Å². The molecule has 2 unspecified atom stereocenters. The lowest BCUT2D eigenvalue weighted by Crippen LogP contribution is -2.55. The molecule has 164 valence electrons. The summed E-state index contributed by atoms with van der Waals surface area (Å²) in [6, 6.07) is 6.66. The third-order valence-corrected chi connectivity index (χ3v) is 8.40. The van der Waals surface area contributed by atoms with E-state index in [1.54, 1.807) is 30.5 Å². The predicted octanol–water partition coefficient (Wildman–Crippen LogP) is 4.12. The molecular weight excluding hydrogens is 449 g/mol. The van der Waals surface area contributed by atoms with E-state index >= 15 is 0 Å². The van der Waals surface area contributed by atoms with E-state index in [2.05, 4.69) is 36.6 Å². The molecule has 5 rings (SSSR count). The number of carbonyl (C=O) groups excluding carboxylic acids is 2. The van der Waals surface area contributed by atoms with Gasteiger partial charge in [0.15, 0.2) is 0 Å². The zero-order valence-electron chi connectivity index (χ0n) is 17.8. The van der Waals surface area contributed by atoms with Crippen molar-refractivity contribution in [1.82, 2.24) is 25.8 Å². The Morgan fingerprint density at radius 3 is 2.25 bits per heavy atom. The highest BCUT2D eigenvalue weighted by Crippen LogP contribution is 2.70. The number of rotatable bonds is 2. The second-order valence-corrected chi connectivity index (χ2v) is 10.0. The third-order valence-electron chi connectivity index (χ3n) is 7.68. The molecule has 1 fully saturated rings. The number of carbonyl (C=O) groups is 2. The summed E-state index contributed by atoms with van der Waals surface area (Å²) in [5.41, 5.74) is 6.37. The number of nitrogens with zero attached hydrogens (tertiary/aromatic N) is 3. The van der Waals surface area contributed by atoms with Crippen molar-refractivity contribution >= 4 is 46.0 Å². The lowest BCUT2D eigenvalue weighted by Gasteiger charge is -2.39. The van der Waals surface area contributed by atoms with Crippen LogP contribution >= 0.6 is 23.2 Å². The number of benzene rings is 1. The second kappa shape index (κ2) is 6.86. The summed E-state index contributed by atoms with van der Waals surface area (Å²) in [6.45, 7) is 6.26. The molecule has 1 saturated carbocycles. The highest BCUT2D eigenvalue weighted by Gasteiger charge is 2.73. The minimum Gasteiger partial charge on any atom is -0.272 e. The molecule has 32 heavy (non-hydrogen) atoms. The maximum atomic E-state index is 13.7. The van der Waals surface area contributed by atoms with E-state index in [4.69, 9.17) is 33.2 Å². The van der Waals surface area contributed by atoms with Gasteiger partial charge in [0.2, 0.25) is 0 Å². The first-order valence-electron chi connectivity index (χ1n) is 10.3. The van der Waals surface area contributed by atoms with Crippen LogP contribution in [0, 0.1) is 5.41 Å². The van der Waals surface area contributed by atoms with Gasteiger partial charge in [-0.3, -0.25) is 25.4 Å². The van der Waals surface area contributed by atoms with Crippen molar-refractivity contribution < 1.29 is 9.59 Å². The van der Waals surface area contributed by atoms with Crippen molar-refractivity contribution in [2.24, 2.45) is 5.41 Å². The molecule has 2 aliphatic carbocycles. The molecule has 3 aromatic rings. The van der Waals surface area contributed by atoms with Crippen LogP contribution < -0.4 is 10.9 Å². The first-order chi connectivity index (χ1) is 15.1. The number of fused-ring (bicyclic) bond motifs is 6. The van der Waals surface area contributed by atoms with Gasteiger partial charge in [-0.2, -0.15) is 0 Å². The van der Waals surface area contributed by atoms with E-state index in [1.165, 1.54) is 6.20 Å². The van der Waals surface area contributed by atoms with E-state index < -0.39 is 16.7 Å². The fourth-order valence-electron chi connectivity index (χ4n) is 5.39. The van der Waals surface area contributed by atoms with Crippen LogP contribution in [0.2, 0.25) is 10.0 Å². The molecule has 7 nitrogen and oxygen atoms in total. The standard InChI is InChI=1S/C23H21Cl2N5O2/c1-21(2)22(3)6-7-23(21,20(32)30-29-19(31)12-5-4-8-26-11-12)18-17(22)27-15-9-13(24)14(25)10-16(15)28-18/h4-5,8-11H,6-7H2,1-3H3,(H,29,31)(H,30,32). The van der Waals surface area contributed by atoms with Crippen LogP contribution in [-0.4, -0.2) is 26.8 Å². The van der Waals surface area contributed by atoms with Crippen molar-refractivity contribution in [2.75, 3.05) is 0 Å². The highest BCUT2D eigenvalue weighted by atomic mass is 35.5. The van der Waals surface area contributed by atoms with Gasteiger partial charge in [-0.15, -0.1) is 0 Å². The summed E-state index contributed by atoms with van der Waals surface area (Å²) < 4.78 is 0. The van der Waals surface area contributed by atoms with Crippen molar-refractivity contribution in [2.45, 2.75) is 44.4 Å². The molecule has 2 aromatic heterocycles. The smallest absolute Gasteiger partial charge is 0.271 e. The van der Waals surface area contributed by atoms with Crippen LogP contribution in [0.3, 0.4) is 0 Å². The number of aromatic nitrogens is 3. The second-order valence-electron chi connectivity index (χ2n) is 9.19. The van der Waals surface area contributed by atoms with Gasteiger partial charge in [-0.05, 0) is 42.5 Å². The van der Waals surface area contributed by atoms with Gasteiger partial charge < -0.3 is 0 Å². The molecule has 0 radical (unpaired) electrons. The zero-order valence-corrected chi connectivity index (χ0v) is 19.3. The van der Waals surface area contributed by atoms with Crippen LogP contribution in [-0.2, 0) is 15.6 Å². The molecular formula is C23H21Cl2N5O2. The number of nitrogens with one attached hydrogen (secondary N) is 2. The van der Waals surface area contributed by atoms with Crippen molar-refractivity contribution in [1.29, 1.82) is 0 Å². The Hall–Kier alpha value is -2.77. The molecule has 0 saturated heterocycles. The van der Waals surface area contributed by atoms with Crippen LogP contribution in [0.1, 0.15) is 55.4 Å². The predicted molar refractivity (Wildman–Crippen MR) is 121 cm³/mol. The molecule has 0 aliphatic heterocycles. The lowest BCUT2D eigenvalue weighted by molar-refractivity contribution is -0.131. The Morgan fingerprint density at radius 1 is 0.969 bits per heavy atom. The molecule has 2 atom stereocenters. The maximum Gasteiger partial charge on any atom is 0.271 e. The normalized spacial score (nSPS) is 24.9. The first kappa shape index (κ1) is 21.1. The van der Waals surface area contributed by atoms with E-state index in [0.717, 1.165) is 12.1 Å². The Morgan fingerprint density at radius 2 is 1.62 bits per heavy atom. The number of hydrogen-bond acceptors (Lipinski definition) is 5. The Kier molecular flexibility index (Phi) is 4.52. The Labute approximate surface area is 194 Å². The van der Waals surface area contributed by atoms with Gasteiger partial charge in [0, 0.05) is 17.8 Å². The minimum atomic E-state index is -0.952. The Bertz CT molecular complexity index is 1300. The first-order valence-corrected chi connectivity index (χ1v) is 11.1. The van der Waals surface area contributed by atoms with Gasteiger partial charge in [-0.1, -0.05) is 44.0 Å². The average Bonchev–Trinajstić information content (AvgIpc) is 3.07. The van der Waals surface area contributed by atoms with E-state index in [9.17, 15) is 9.59 Å². The van der Waals surface area contributed by atoms with Gasteiger partial charge in [0.1, 0.15) is 5.41 Å². The number of amides is 2. The van der Waals surface area contributed by atoms with Crippen molar-refractivity contribution in [3.63, 3.8) is 0 Å². The number of hydrazine groups is 1. The van der Waals surface area contributed by atoms with E-state index in [1.807, 2.05) is 0 Å². The quantitative estimate of drug-likeness (QED) is 0.550. The molecule has 2 N–H and O–H groups in total. The molecule has 2 amide bonds. The van der Waals surface area contributed by atoms with Gasteiger partial charge in [-0.25, -0.2) is 9.97 Å². The van der Waals surface area contributed by atoms with Crippen LogP contribution in [0.15, 0.2) is 36.7 Å². The van der Waals surface area contributed by atoms with Crippen LogP contribution in [0.25, 0.3) is 11.0 Å². The van der Waals surface area contributed by atoms with Crippen molar-refractivity contribution in [3.05, 3.63) is 63.7 Å². The van der Waals surface area contributed by atoms with Gasteiger partial charge in [0.25, 0.3) is 11.8 Å². The third kappa shape index (κ3) is 2.58. The topological polar surface area (TPSA) is 96.9 Å². The maximum absolute atomic E-state index is 13.7. The molecule has 9 heteroatoms. The summed E-state index contributed by atoms with van der Waals surface area (Å²) in [6.07, 6.45) is 4.39. The number of pyridine rings is 1. The largest absolute Gasteiger partial charge is 0.272 e. The summed E-state index contributed by atoms with van der Waals surface area (Å²) >= 11 is 12.4. The molecule has 1 aromatic carbocycles. The molecule has 2 aliphatic rings. The number of hydrogen-bond donors (Lipinski definition) is 2. The van der Waals surface area contributed by atoms with Crippen LogP contribution in [0.4, 0.5) is 0 Å². The van der Waals surface area contributed by atoms with Crippen LogP contribution in [0.5, 0.6) is 0 Å². The van der Waals surface area contributed by atoms with Crippen molar-refractivity contribution in [3.8, 4) is 0 Å². The summed E-state index contributed by atoms with van der Waals surface area (Å²) in [7, 11) is 0. The van der Waals surface area contributed by atoms with E-state index in [-0.39, 0.29) is 11.3 Å².